The van der Waals surface area contributed by atoms with E-state index in [1.807, 2.05) is 125 Å². The number of aliphatic carboxylic acids is 1. The van der Waals surface area contributed by atoms with Gasteiger partial charge in [-0.3, -0.25) is 38.8 Å². The molecule has 13 nitrogen and oxygen atoms in total. The number of ether oxygens (including phenoxy) is 4. The van der Waals surface area contributed by atoms with Gasteiger partial charge in [-0.05, 0) is 99.8 Å². The second-order valence-electron chi connectivity index (χ2n) is 16.5. The minimum atomic E-state index is -0.938. The second kappa shape index (κ2) is 21.4. The fourth-order valence-corrected chi connectivity index (χ4v) is 5.79. The van der Waals surface area contributed by atoms with E-state index in [4.69, 9.17) is 18.9 Å². The molecule has 1 aliphatic rings. The predicted molar refractivity (Wildman–Crippen MR) is 206 cm³/mol. The van der Waals surface area contributed by atoms with Gasteiger partial charge in [-0.2, -0.15) is 0 Å². The van der Waals surface area contributed by atoms with Gasteiger partial charge in [0.15, 0.2) is 0 Å². The van der Waals surface area contributed by atoms with Crippen LogP contribution in [0.1, 0.15) is 87.6 Å². The first-order valence-corrected chi connectivity index (χ1v) is 18.8. The maximum atomic E-state index is 13.0. The molecule has 1 saturated heterocycles. The summed E-state index contributed by atoms with van der Waals surface area (Å²) in [4.78, 5) is 59.5. The Morgan fingerprint density at radius 1 is 0.660 bits per heavy atom. The number of nitrogens with zero attached hydrogens (tertiary/aromatic N) is 4. The van der Waals surface area contributed by atoms with Crippen LogP contribution in [-0.2, 0) is 33.4 Å². The van der Waals surface area contributed by atoms with Crippen molar-refractivity contribution < 1.29 is 43.2 Å². The zero-order valence-electron chi connectivity index (χ0n) is 33.9. The van der Waals surface area contributed by atoms with Crippen molar-refractivity contribution in [2.75, 3.05) is 78.6 Å². The lowest BCUT2D eigenvalue weighted by Crippen LogP contribution is -2.52. The molecule has 0 saturated carbocycles. The molecule has 1 aromatic rings. The first kappa shape index (κ1) is 45.6. The molecule has 0 aromatic heterocycles. The number of carboxylic acid groups (broad SMARTS) is 1. The van der Waals surface area contributed by atoms with Crippen LogP contribution in [-0.4, -0.2) is 150 Å². The summed E-state index contributed by atoms with van der Waals surface area (Å²) >= 11 is 0. The summed E-state index contributed by atoms with van der Waals surface area (Å²) < 4.78 is 22.4. The van der Waals surface area contributed by atoms with Gasteiger partial charge in [0.05, 0.1) is 26.2 Å². The van der Waals surface area contributed by atoms with Crippen molar-refractivity contribution in [2.45, 2.75) is 105 Å². The molecule has 0 spiro atoms. The van der Waals surface area contributed by atoms with Crippen LogP contribution in [0.4, 0.5) is 0 Å². The lowest BCUT2D eigenvalue weighted by molar-refractivity contribution is -0.158. The number of carbonyl (C=O) groups excluding carboxylic acids is 3. The summed E-state index contributed by atoms with van der Waals surface area (Å²) in [6, 6.07) is 6.92. The molecule has 1 heterocycles. The topological polar surface area (TPSA) is 138 Å². The minimum Gasteiger partial charge on any atom is -0.494 e. The van der Waals surface area contributed by atoms with Crippen molar-refractivity contribution in [1.29, 1.82) is 0 Å². The first-order valence-electron chi connectivity index (χ1n) is 18.8. The molecule has 0 amide bonds. The molecule has 1 N–H and O–H groups in total. The monoisotopic (exact) mass is 746 g/mol. The summed E-state index contributed by atoms with van der Waals surface area (Å²) in [5, 5.41) is 10.5. The van der Waals surface area contributed by atoms with Crippen molar-refractivity contribution in [3.63, 3.8) is 0 Å². The highest BCUT2D eigenvalue weighted by Crippen LogP contribution is 2.16. The number of allylic oxidation sites excluding steroid dienone is 1. The highest BCUT2D eigenvalue weighted by Gasteiger charge is 2.29. The number of benzene rings is 1. The van der Waals surface area contributed by atoms with Gasteiger partial charge >= 0.3 is 23.9 Å². The average molecular weight is 747 g/mol. The van der Waals surface area contributed by atoms with Gasteiger partial charge < -0.3 is 24.1 Å². The molecule has 2 rings (SSSR count). The van der Waals surface area contributed by atoms with Crippen LogP contribution in [0.2, 0.25) is 0 Å². The van der Waals surface area contributed by atoms with Gasteiger partial charge in [-0.15, -0.1) is 0 Å². The Kier molecular flexibility index (Phi) is 18.4. The highest BCUT2D eigenvalue weighted by molar-refractivity contribution is 5.74. The van der Waals surface area contributed by atoms with Crippen molar-refractivity contribution in [2.24, 2.45) is 0 Å². The minimum absolute atomic E-state index is 0.0126. The number of carboxylic acids is 1. The van der Waals surface area contributed by atoms with E-state index in [1.54, 1.807) is 0 Å². The molecule has 1 fully saturated rings. The Bertz CT molecular complexity index is 1280. The van der Waals surface area contributed by atoms with E-state index in [0.717, 1.165) is 11.3 Å². The second-order valence-corrected chi connectivity index (χ2v) is 16.5. The molecule has 53 heavy (non-hydrogen) atoms. The van der Waals surface area contributed by atoms with Crippen molar-refractivity contribution in [3.8, 4) is 5.75 Å². The van der Waals surface area contributed by atoms with Crippen LogP contribution in [0.3, 0.4) is 0 Å². The van der Waals surface area contributed by atoms with E-state index in [0.29, 0.717) is 71.8 Å². The lowest BCUT2D eigenvalue weighted by Gasteiger charge is -2.36. The summed E-state index contributed by atoms with van der Waals surface area (Å²) in [7, 11) is 0. The summed E-state index contributed by atoms with van der Waals surface area (Å²) in [5.74, 6) is -1.27. The zero-order chi connectivity index (χ0) is 39.8. The van der Waals surface area contributed by atoms with Crippen molar-refractivity contribution in [1.82, 2.24) is 19.6 Å². The quantitative estimate of drug-likeness (QED) is 0.210. The van der Waals surface area contributed by atoms with Gasteiger partial charge in [0.25, 0.3) is 0 Å². The van der Waals surface area contributed by atoms with Gasteiger partial charge in [0, 0.05) is 52.4 Å². The fourth-order valence-electron chi connectivity index (χ4n) is 5.79. The molecular weight excluding hydrogens is 680 g/mol. The van der Waals surface area contributed by atoms with Gasteiger partial charge in [0.1, 0.15) is 28.6 Å². The Balaban J connectivity index is 2.35. The van der Waals surface area contributed by atoms with E-state index in [1.165, 1.54) is 0 Å². The maximum absolute atomic E-state index is 13.0. The number of esters is 3. The van der Waals surface area contributed by atoms with Crippen molar-refractivity contribution in [3.05, 3.63) is 35.9 Å². The van der Waals surface area contributed by atoms with Gasteiger partial charge in [-0.1, -0.05) is 24.3 Å². The van der Waals surface area contributed by atoms with E-state index in [2.05, 4.69) is 0 Å². The van der Waals surface area contributed by atoms with Crippen LogP contribution in [0.5, 0.6) is 5.75 Å². The molecule has 13 heteroatoms. The van der Waals surface area contributed by atoms with Gasteiger partial charge in [0.2, 0.25) is 0 Å². The SMILES string of the molecule is CCOc1ccc(/C=C/CCC(C(=O)O)N2CCN(CC(=O)OC(C)(C)C)CCN(CC(=O)OC(C)(C)C)CCN(CC(=O)OC(C)(C)C)CC2)cc1. The molecule has 1 atom stereocenters. The predicted octanol–water partition coefficient (Wildman–Crippen LogP) is 4.58. The number of carbonyl (C=O) groups is 4. The largest absolute Gasteiger partial charge is 0.494 e. The Morgan fingerprint density at radius 2 is 1.04 bits per heavy atom. The van der Waals surface area contributed by atoms with E-state index in [-0.39, 0.29) is 37.5 Å². The van der Waals surface area contributed by atoms with Crippen LogP contribution >= 0.6 is 0 Å². The van der Waals surface area contributed by atoms with E-state index >= 15 is 0 Å². The average Bonchev–Trinajstić information content (AvgIpc) is 2.99. The summed E-state index contributed by atoms with van der Waals surface area (Å²) in [6.07, 6.45) is 4.85. The van der Waals surface area contributed by atoms with Crippen molar-refractivity contribution >= 4 is 30.0 Å². The summed E-state index contributed by atoms with van der Waals surface area (Å²) in [5.41, 5.74) is -0.987. The van der Waals surface area contributed by atoms with E-state index < -0.39 is 28.8 Å². The van der Waals surface area contributed by atoms with Crippen LogP contribution in [0.15, 0.2) is 30.3 Å². The molecule has 1 aliphatic heterocycles. The third-order valence-electron chi connectivity index (χ3n) is 8.02. The van der Waals surface area contributed by atoms with Crippen LogP contribution in [0, 0.1) is 0 Å². The fraction of sp³-hybridized carbons (Fsp3) is 0.700. The number of hydrogen-bond donors (Lipinski definition) is 1. The molecule has 0 aliphatic carbocycles. The molecule has 1 unspecified atom stereocenters. The standard InChI is InChI=1S/C40H66N4O9/c1-11-50-32-18-16-31(17-19-32)14-12-13-15-33(37(48)49)44-26-24-42(29-35(46)52-39(5,6)7)22-20-41(28-34(45)51-38(2,3)4)21-23-43(25-27-44)30-36(47)53-40(8,9)10/h12,14,16-19,33H,11,13,15,20-30H2,1-10H3,(H,48,49)/b14-12+. The molecular formula is C40H66N4O9. The van der Waals surface area contributed by atoms with Gasteiger partial charge in [-0.25, -0.2) is 0 Å². The number of hydrogen-bond acceptors (Lipinski definition) is 12. The third kappa shape index (κ3) is 20.5. The lowest BCUT2D eigenvalue weighted by atomic mass is 10.1. The molecule has 0 radical (unpaired) electrons. The molecule has 300 valence electrons. The maximum Gasteiger partial charge on any atom is 0.320 e. The van der Waals surface area contributed by atoms with Crippen LogP contribution in [0.25, 0.3) is 6.08 Å². The van der Waals surface area contributed by atoms with Crippen LogP contribution < -0.4 is 4.74 Å². The first-order chi connectivity index (χ1) is 24.6. The Hall–Kier alpha value is -3.52. The zero-order valence-corrected chi connectivity index (χ0v) is 33.9. The Morgan fingerprint density at radius 3 is 1.38 bits per heavy atom. The molecule has 0 bridgehead atoms. The Labute approximate surface area is 317 Å². The third-order valence-corrected chi connectivity index (χ3v) is 8.02. The normalized spacial score (nSPS) is 17.4. The summed E-state index contributed by atoms with van der Waals surface area (Å²) in [6.45, 7) is 22.1. The van der Waals surface area contributed by atoms with E-state index in [9.17, 15) is 24.3 Å². The highest BCUT2D eigenvalue weighted by atomic mass is 16.6. The molecule has 1 aromatic carbocycles. The number of rotatable bonds is 14. The smallest absolute Gasteiger partial charge is 0.320 e.